The number of aldehydes is 1. The summed E-state index contributed by atoms with van der Waals surface area (Å²) in [5, 5.41) is 6.59. The topological polar surface area (TPSA) is 56.8 Å². The van der Waals surface area contributed by atoms with Gasteiger partial charge < -0.3 is 15.4 Å². The van der Waals surface area contributed by atoms with E-state index in [1.165, 1.54) is 13.1 Å². The molecule has 0 aromatic carbocycles. The molecule has 0 radical (unpaired) electrons. The van der Waals surface area contributed by atoms with Crippen LogP contribution in [0.1, 0.15) is 54.9 Å². The number of nitrogens with one attached hydrogen (secondary N) is 2. The molecule has 0 bridgehead atoms. The highest BCUT2D eigenvalue weighted by atomic mass is 32.1. The molecular formula is C18H37N4O2PS. The van der Waals surface area contributed by atoms with E-state index in [0.717, 1.165) is 25.4 Å². The van der Waals surface area contributed by atoms with Crippen LogP contribution in [-0.4, -0.2) is 70.4 Å². The maximum Gasteiger partial charge on any atom is 0.186 e. The number of thiocarbonyl (C=S) groups is 1. The van der Waals surface area contributed by atoms with Gasteiger partial charge in [-0.25, -0.2) is 0 Å². The van der Waals surface area contributed by atoms with Gasteiger partial charge in [0.25, 0.3) is 0 Å². The van der Waals surface area contributed by atoms with Gasteiger partial charge in [-0.15, -0.1) is 0 Å². The first-order valence-corrected chi connectivity index (χ1v) is 11.4. The van der Waals surface area contributed by atoms with E-state index in [1.807, 2.05) is 20.8 Å². The van der Waals surface area contributed by atoms with E-state index < -0.39 is 11.8 Å². The maximum absolute atomic E-state index is 11.1. The first kappa shape index (κ1) is 23.7. The Balaban J connectivity index is 2.39. The summed E-state index contributed by atoms with van der Waals surface area (Å²) in [6.45, 7) is 18.0. The number of hydrogen-bond donors (Lipinski definition) is 2. The van der Waals surface area contributed by atoms with Crippen LogP contribution in [0, 0.1) is 0 Å². The Bertz CT molecular complexity index is 441. The van der Waals surface area contributed by atoms with Crippen LogP contribution in [-0.2, 0) is 9.53 Å². The van der Waals surface area contributed by atoms with Gasteiger partial charge in [0.1, 0.15) is 0 Å². The van der Waals surface area contributed by atoms with E-state index in [0.29, 0.717) is 17.2 Å². The van der Waals surface area contributed by atoms with Gasteiger partial charge >= 0.3 is 0 Å². The van der Waals surface area contributed by atoms with E-state index in [4.69, 9.17) is 17.0 Å². The van der Waals surface area contributed by atoms with Crippen LogP contribution in [0.3, 0.4) is 0 Å². The molecule has 1 heterocycles. The molecule has 26 heavy (non-hydrogen) atoms. The zero-order chi connectivity index (χ0) is 19.9. The molecule has 0 aliphatic carbocycles. The number of rotatable bonds is 9. The molecule has 0 amide bonds. The molecule has 0 unspecified atom stereocenters. The highest BCUT2D eigenvalue weighted by Crippen LogP contribution is 2.51. The minimum Gasteiger partial charge on any atom is -0.363 e. The van der Waals surface area contributed by atoms with Gasteiger partial charge in [0.15, 0.2) is 17.6 Å². The standard InChI is InChI=1S/C18H37N4O2PS/c1-14(2)21-10-11-22(15(3)4)25(21)12-8-9-19-17(26)20-16(13-23)24-18(5,6)7/h13-16H,8-12H2,1-7H3,(H2,19,20,26)/t16-/m0/s1. The third-order valence-corrected chi connectivity index (χ3v) is 7.53. The number of carbonyl (C=O) groups excluding carboxylic acids is 1. The van der Waals surface area contributed by atoms with Gasteiger partial charge in [0.05, 0.1) is 5.60 Å². The highest BCUT2D eigenvalue weighted by Gasteiger charge is 2.34. The predicted molar refractivity (Wildman–Crippen MR) is 115 cm³/mol. The Hall–Kier alpha value is -0.330. The van der Waals surface area contributed by atoms with Crippen molar-refractivity contribution in [1.82, 2.24) is 20.0 Å². The quantitative estimate of drug-likeness (QED) is 0.201. The van der Waals surface area contributed by atoms with Crippen LogP contribution in [0.5, 0.6) is 0 Å². The molecule has 0 spiro atoms. The lowest BCUT2D eigenvalue weighted by Gasteiger charge is -2.34. The summed E-state index contributed by atoms with van der Waals surface area (Å²) < 4.78 is 10.9. The lowest BCUT2D eigenvalue weighted by molar-refractivity contribution is -0.129. The molecule has 152 valence electrons. The summed E-state index contributed by atoms with van der Waals surface area (Å²) in [6.07, 6.45) is 2.23. The largest absolute Gasteiger partial charge is 0.363 e. The van der Waals surface area contributed by atoms with Gasteiger partial charge in [-0.2, -0.15) is 0 Å². The molecule has 1 fully saturated rings. The third kappa shape index (κ3) is 8.13. The summed E-state index contributed by atoms with van der Waals surface area (Å²) in [5.74, 6) is 0. The molecule has 0 aromatic rings. The molecule has 2 N–H and O–H groups in total. The van der Waals surface area contributed by atoms with Gasteiger partial charge in [0, 0.05) is 39.9 Å². The normalized spacial score (nSPS) is 18.5. The fourth-order valence-corrected chi connectivity index (χ4v) is 6.14. The molecule has 0 saturated carbocycles. The second kappa shape index (κ2) is 10.9. The van der Waals surface area contributed by atoms with E-state index in [9.17, 15) is 4.79 Å². The average Bonchev–Trinajstić information content (AvgIpc) is 2.93. The van der Waals surface area contributed by atoms with Crippen LogP contribution in [0.4, 0.5) is 0 Å². The molecule has 8 heteroatoms. The van der Waals surface area contributed by atoms with E-state index >= 15 is 0 Å². The van der Waals surface area contributed by atoms with Crippen LogP contribution >= 0.6 is 20.4 Å². The van der Waals surface area contributed by atoms with E-state index in [-0.39, 0.29) is 8.22 Å². The van der Waals surface area contributed by atoms with Crippen molar-refractivity contribution >= 4 is 31.8 Å². The fourth-order valence-electron chi connectivity index (χ4n) is 2.96. The molecule has 1 atom stereocenters. The zero-order valence-electron chi connectivity index (χ0n) is 17.4. The molecule has 1 aliphatic heterocycles. The van der Waals surface area contributed by atoms with E-state index in [2.05, 4.69) is 47.7 Å². The summed E-state index contributed by atoms with van der Waals surface area (Å²) >= 11 is 5.29. The zero-order valence-corrected chi connectivity index (χ0v) is 19.1. The molecule has 6 nitrogen and oxygen atoms in total. The van der Waals surface area contributed by atoms with Crippen molar-refractivity contribution in [3.63, 3.8) is 0 Å². The minimum absolute atomic E-state index is 0.238. The monoisotopic (exact) mass is 404 g/mol. The second-order valence-electron chi connectivity index (χ2n) is 8.15. The smallest absolute Gasteiger partial charge is 0.186 e. The Kier molecular flexibility index (Phi) is 9.91. The van der Waals surface area contributed by atoms with Gasteiger partial charge in [-0.05, 0) is 73.3 Å². The predicted octanol–water partition coefficient (Wildman–Crippen LogP) is 2.93. The van der Waals surface area contributed by atoms with Crippen molar-refractivity contribution in [1.29, 1.82) is 0 Å². The van der Waals surface area contributed by atoms with Gasteiger partial charge in [-0.1, -0.05) is 0 Å². The fraction of sp³-hybridized carbons (Fsp3) is 0.889. The summed E-state index contributed by atoms with van der Waals surface area (Å²) in [4.78, 5) is 11.1. The van der Waals surface area contributed by atoms with Crippen LogP contribution in [0.15, 0.2) is 0 Å². The van der Waals surface area contributed by atoms with E-state index in [1.54, 1.807) is 0 Å². The summed E-state index contributed by atoms with van der Waals surface area (Å²) in [6, 6.07) is 1.17. The Morgan fingerprint density at radius 2 is 1.73 bits per heavy atom. The maximum atomic E-state index is 11.1. The van der Waals surface area contributed by atoms with Crippen LogP contribution in [0.2, 0.25) is 0 Å². The molecule has 1 rings (SSSR count). The Morgan fingerprint density at radius 3 is 2.15 bits per heavy atom. The van der Waals surface area contributed by atoms with Crippen molar-refractivity contribution in [2.45, 2.75) is 78.8 Å². The van der Waals surface area contributed by atoms with Crippen molar-refractivity contribution in [2.75, 3.05) is 25.8 Å². The number of hydrogen-bond acceptors (Lipinski definition) is 5. The van der Waals surface area contributed by atoms with Crippen LogP contribution < -0.4 is 10.6 Å². The van der Waals surface area contributed by atoms with Crippen molar-refractivity contribution < 1.29 is 9.53 Å². The van der Waals surface area contributed by atoms with Crippen molar-refractivity contribution in [3.05, 3.63) is 0 Å². The first-order chi connectivity index (χ1) is 12.0. The lowest BCUT2D eigenvalue weighted by atomic mass is 10.2. The van der Waals surface area contributed by atoms with Crippen molar-refractivity contribution in [3.8, 4) is 0 Å². The van der Waals surface area contributed by atoms with Crippen molar-refractivity contribution in [2.24, 2.45) is 0 Å². The van der Waals surface area contributed by atoms with Crippen LogP contribution in [0.25, 0.3) is 0 Å². The average molecular weight is 405 g/mol. The minimum atomic E-state index is -0.720. The molecule has 0 aromatic heterocycles. The highest BCUT2D eigenvalue weighted by molar-refractivity contribution is 7.80. The van der Waals surface area contributed by atoms with Gasteiger partial charge in [0.2, 0.25) is 0 Å². The Morgan fingerprint density at radius 1 is 1.19 bits per heavy atom. The number of ether oxygens (including phenoxy) is 1. The SMILES string of the molecule is CC(C)N1CCN(C(C)C)P1CCCNC(=S)N[C@H](C=O)OC(C)(C)C. The molecule has 1 saturated heterocycles. The number of nitrogens with zero attached hydrogens (tertiary/aromatic N) is 2. The number of carbonyl (C=O) groups is 1. The van der Waals surface area contributed by atoms with Gasteiger partial charge in [-0.3, -0.25) is 14.1 Å². The summed E-state index contributed by atoms with van der Waals surface area (Å²) in [7, 11) is -0.238. The first-order valence-electron chi connectivity index (χ1n) is 9.53. The summed E-state index contributed by atoms with van der Waals surface area (Å²) in [5.41, 5.74) is -0.403. The third-order valence-electron chi connectivity index (χ3n) is 4.04. The molecule has 1 aliphatic rings. The lowest BCUT2D eigenvalue weighted by Crippen LogP contribution is -2.47. The molecular weight excluding hydrogens is 367 g/mol. The Labute approximate surface area is 166 Å². The second-order valence-corrected chi connectivity index (χ2v) is 10.8.